The highest BCUT2D eigenvalue weighted by Gasteiger charge is 2.19. The first-order valence-electron chi connectivity index (χ1n) is 5.45. The van der Waals surface area contributed by atoms with Crippen molar-refractivity contribution in [2.45, 2.75) is 0 Å². The molecule has 2 aromatic carbocycles. The van der Waals surface area contributed by atoms with Crippen LogP contribution in [0.1, 0.15) is 0 Å². The Morgan fingerprint density at radius 3 is 2.26 bits per heavy atom. The topological polar surface area (TPSA) is 18.5 Å². The Balaban J connectivity index is 2.70. The second-order valence-corrected chi connectivity index (χ2v) is 4.84. The number of hydrogen-bond acceptors (Lipinski definition) is 2. The molecule has 0 heterocycles. The zero-order valence-corrected chi connectivity index (χ0v) is 12.5. The maximum Gasteiger partial charge on any atom is 0.148 e. The molecule has 0 atom stereocenters. The molecule has 0 radical (unpaired) electrons. The van der Waals surface area contributed by atoms with Crippen LogP contribution in [0.5, 0.6) is 11.5 Å². The molecular formula is C14H11F2IO2. The van der Waals surface area contributed by atoms with E-state index in [4.69, 9.17) is 9.47 Å². The average Bonchev–Trinajstić information content (AvgIpc) is 2.42. The average molecular weight is 376 g/mol. The van der Waals surface area contributed by atoms with Crippen molar-refractivity contribution in [3.63, 3.8) is 0 Å². The normalized spacial score (nSPS) is 10.4. The Bertz CT molecular complexity index is 615. The summed E-state index contributed by atoms with van der Waals surface area (Å²) in [6.45, 7) is 0. The predicted octanol–water partition coefficient (Wildman–Crippen LogP) is 4.25. The van der Waals surface area contributed by atoms with Gasteiger partial charge in [0.25, 0.3) is 0 Å². The van der Waals surface area contributed by atoms with Crippen molar-refractivity contribution in [2.75, 3.05) is 14.2 Å². The van der Waals surface area contributed by atoms with Crippen LogP contribution < -0.4 is 9.47 Å². The van der Waals surface area contributed by atoms with Crippen molar-refractivity contribution in [3.8, 4) is 22.6 Å². The molecular weight excluding hydrogens is 365 g/mol. The van der Waals surface area contributed by atoms with E-state index >= 15 is 0 Å². The Hall–Kier alpha value is -1.37. The largest absolute Gasteiger partial charge is 0.496 e. The lowest BCUT2D eigenvalue weighted by molar-refractivity contribution is 0.406. The van der Waals surface area contributed by atoms with Gasteiger partial charge in [-0.3, -0.25) is 0 Å². The zero-order chi connectivity index (χ0) is 14.0. The molecule has 0 aliphatic rings. The molecule has 0 N–H and O–H groups in total. The molecule has 0 aliphatic heterocycles. The van der Waals surface area contributed by atoms with Crippen LogP contribution in [-0.4, -0.2) is 14.2 Å². The molecule has 100 valence electrons. The third kappa shape index (κ3) is 2.51. The molecule has 0 amide bonds. The first kappa shape index (κ1) is 14.0. The van der Waals surface area contributed by atoms with Crippen LogP contribution in [0.15, 0.2) is 30.3 Å². The Labute approximate surface area is 123 Å². The fourth-order valence-corrected chi connectivity index (χ4v) is 2.51. The van der Waals surface area contributed by atoms with E-state index in [0.29, 0.717) is 15.1 Å². The number of hydrogen-bond donors (Lipinski definition) is 0. The molecule has 0 saturated carbocycles. The van der Waals surface area contributed by atoms with E-state index < -0.39 is 11.6 Å². The minimum absolute atomic E-state index is 0.114. The van der Waals surface area contributed by atoms with Crippen LogP contribution in [0.3, 0.4) is 0 Å². The van der Waals surface area contributed by atoms with Gasteiger partial charge in [-0.15, -0.1) is 0 Å². The van der Waals surface area contributed by atoms with Crippen molar-refractivity contribution in [3.05, 3.63) is 45.5 Å². The van der Waals surface area contributed by atoms with Gasteiger partial charge in [0, 0.05) is 5.56 Å². The predicted molar refractivity (Wildman–Crippen MR) is 77.6 cm³/mol. The lowest BCUT2D eigenvalue weighted by Gasteiger charge is -2.12. The summed E-state index contributed by atoms with van der Waals surface area (Å²) < 4.78 is 38.7. The third-order valence-electron chi connectivity index (χ3n) is 2.73. The van der Waals surface area contributed by atoms with Crippen LogP contribution in [0.4, 0.5) is 8.78 Å². The van der Waals surface area contributed by atoms with Gasteiger partial charge in [-0.1, -0.05) is 6.07 Å². The fraction of sp³-hybridized carbons (Fsp3) is 0.143. The summed E-state index contributed by atoms with van der Waals surface area (Å²) in [6.07, 6.45) is 0. The molecule has 2 nitrogen and oxygen atoms in total. The van der Waals surface area contributed by atoms with Crippen molar-refractivity contribution >= 4 is 22.6 Å². The Kier molecular flexibility index (Phi) is 4.24. The standard InChI is InChI=1S/C14H11F2IO2/c1-18-10-5-3-4-9(15)12(10)8-6-7-11(19-2)14(17)13(8)16/h3-7H,1-2H3. The van der Waals surface area contributed by atoms with Crippen molar-refractivity contribution < 1.29 is 18.3 Å². The number of ether oxygens (including phenoxy) is 2. The van der Waals surface area contributed by atoms with E-state index in [1.807, 2.05) is 22.6 Å². The summed E-state index contributed by atoms with van der Waals surface area (Å²) in [4.78, 5) is 0. The number of methoxy groups -OCH3 is 2. The lowest BCUT2D eigenvalue weighted by Crippen LogP contribution is -1.97. The minimum atomic E-state index is -0.529. The van der Waals surface area contributed by atoms with Gasteiger partial charge in [-0.05, 0) is 46.9 Å². The van der Waals surface area contributed by atoms with Gasteiger partial charge in [0.15, 0.2) is 0 Å². The van der Waals surface area contributed by atoms with Gasteiger partial charge in [-0.25, -0.2) is 8.78 Å². The molecule has 0 fully saturated rings. The number of halogens is 3. The van der Waals surface area contributed by atoms with E-state index in [2.05, 4.69) is 0 Å². The van der Waals surface area contributed by atoms with Crippen LogP contribution in [0.25, 0.3) is 11.1 Å². The molecule has 2 aromatic rings. The quantitative estimate of drug-likeness (QED) is 0.746. The summed E-state index contributed by atoms with van der Waals surface area (Å²) in [5.41, 5.74) is 0.267. The van der Waals surface area contributed by atoms with E-state index in [0.717, 1.165) is 0 Å². The minimum Gasteiger partial charge on any atom is -0.496 e. The summed E-state index contributed by atoms with van der Waals surface area (Å²) in [7, 11) is 2.88. The second kappa shape index (κ2) is 5.73. The van der Waals surface area contributed by atoms with Crippen LogP contribution in [0.2, 0.25) is 0 Å². The molecule has 5 heteroatoms. The molecule has 0 unspecified atom stereocenters. The van der Waals surface area contributed by atoms with Crippen molar-refractivity contribution in [2.24, 2.45) is 0 Å². The molecule has 2 rings (SSSR count). The molecule has 0 spiro atoms. The maximum atomic E-state index is 14.3. The van der Waals surface area contributed by atoms with Gasteiger partial charge in [-0.2, -0.15) is 0 Å². The van der Waals surface area contributed by atoms with Gasteiger partial charge < -0.3 is 9.47 Å². The summed E-state index contributed by atoms with van der Waals surface area (Å²) in [6, 6.07) is 7.47. The van der Waals surface area contributed by atoms with Gasteiger partial charge in [0.1, 0.15) is 23.1 Å². The highest BCUT2D eigenvalue weighted by molar-refractivity contribution is 14.1. The smallest absolute Gasteiger partial charge is 0.148 e. The summed E-state index contributed by atoms with van der Waals surface area (Å²) in [5, 5.41) is 0. The first-order valence-corrected chi connectivity index (χ1v) is 6.53. The highest BCUT2D eigenvalue weighted by atomic mass is 127. The van der Waals surface area contributed by atoms with Gasteiger partial charge >= 0.3 is 0 Å². The van der Waals surface area contributed by atoms with E-state index in [1.165, 1.54) is 32.4 Å². The molecule has 0 bridgehead atoms. The van der Waals surface area contributed by atoms with Crippen LogP contribution >= 0.6 is 22.6 Å². The van der Waals surface area contributed by atoms with Gasteiger partial charge in [0.2, 0.25) is 0 Å². The van der Waals surface area contributed by atoms with Gasteiger partial charge in [0.05, 0.1) is 23.4 Å². The molecule has 0 saturated heterocycles. The van der Waals surface area contributed by atoms with E-state index in [1.54, 1.807) is 12.1 Å². The maximum absolute atomic E-state index is 14.3. The third-order valence-corrected chi connectivity index (χ3v) is 3.74. The summed E-state index contributed by atoms with van der Waals surface area (Å²) >= 11 is 1.83. The number of benzene rings is 2. The molecule has 19 heavy (non-hydrogen) atoms. The van der Waals surface area contributed by atoms with Crippen LogP contribution in [0, 0.1) is 15.2 Å². The SMILES string of the molecule is COc1ccc(-c2c(F)cccc2OC)c(F)c1I. The van der Waals surface area contributed by atoms with E-state index in [9.17, 15) is 8.78 Å². The van der Waals surface area contributed by atoms with Crippen LogP contribution in [-0.2, 0) is 0 Å². The number of rotatable bonds is 3. The second-order valence-electron chi connectivity index (χ2n) is 3.76. The Morgan fingerprint density at radius 2 is 1.63 bits per heavy atom. The molecule has 0 aromatic heterocycles. The molecule has 0 aliphatic carbocycles. The van der Waals surface area contributed by atoms with E-state index in [-0.39, 0.29) is 11.1 Å². The highest BCUT2D eigenvalue weighted by Crippen LogP contribution is 2.37. The fourth-order valence-electron chi connectivity index (χ4n) is 1.82. The lowest BCUT2D eigenvalue weighted by atomic mass is 10.0. The monoisotopic (exact) mass is 376 g/mol. The Morgan fingerprint density at radius 1 is 0.947 bits per heavy atom. The van der Waals surface area contributed by atoms with Crippen molar-refractivity contribution in [1.29, 1.82) is 0 Å². The first-order chi connectivity index (χ1) is 9.10. The van der Waals surface area contributed by atoms with Crippen molar-refractivity contribution in [1.82, 2.24) is 0 Å². The zero-order valence-electron chi connectivity index (χ0n) is 10.3. The summed E-state index contributed by atoms with van der Waals surface area (Å²) in [5.74, 6) is -0.348.